The molecule has 1 aliphatic rings. The highest BCUT2D eigenvalue weighted by atomic mass is 32.1. The number of hydrogen-bond donors (Lipinski definition) is 1. The lowest BCUT2D eigenvalue weighted by molar-refractivity contribution is -0.131. The molecule has 1 aromatic heterocycles. The Morgan fingerprint density at radius 1 is 1.64 bits per heavy atom. The molecule has 1 aliphatic heterocycles. The van der Waals surface area contributed by atoms with E-state index in [0.29, 0.717) is 13.2 Å². The maximum Gasteiger partial charge on any atom is 0.328 e. The van der Waals surface area contributed by atoms with Gasteiger partial charge in [-0.3, -0.25) is 0 Å². The van der Waals surface area contributed by atoms with Crippen molar-refractivity contribution in [1.29, 1.82) is 0 Å². The van der Waals surface area contributed by atoms with Gasteiger partial charge in [-0.05, 0) is 11.4 Å². The quantitative estimate of drug-likeness (QED) is 0.772. The molecule has 1 fully saturated rings. The molecule has 0 amide bonds. The molecule has 1 aromatic rings. The zero-order valence-electron chi connectivity index (χ0n) is 7.47. The van der Waals surface area contributed by atoms with Crippen molar-refractivity contribution in [2.75, 3.05) is 13.2 Å². The highest BCUT2D eigenvalue weighted by Gasteiger charge is 2.38. The summed E-state index contributed by atoms with van der Waals surface area (Å²) < 4.78 is 5.16. The van der Waals surface area contributed by atoms with Gasteiger partial charge in [0.05, 0.1) is 18.6 Å². The normalized spacial score (nSPS) is 19.4. The van der Waals surface area contributed by atoms with Crippen molar-refractivity contribution in [3.8, 4) is 0 Å². The molecule has 3 nitrogen and oxygen atoms in total. The van der Waals surface area contributed by atoms with Crippen LogP contribution in [0.25, 0.3) is 0 Å². The summed E-state index contributed by atoms with van der Waals surface area (Å²) in [4.78, 5) is 11.6. The van der Waals surface area contributed by atoms with Crippen molar-refractivity contribution in [2.45, 2.75) is 5.41 Å². The third-order valence-corrected chi connectivity index (χ3v) is 3.37. The van der Waals surface area contributed by atoms with Gasteiger partial charge in [0, 0.05) is 11.0 Å². The van der Waals surface area contributed by atoms with Crippen LogP contribution >= 0.6 is 11.3 Å². The Morgan fingerprint density at radius 3 is 2.86 bits per heavy atom. The van der Waals surface area contributed by atoms with Gasteiger partial charge in [0.2, 0.25) is 0 Å². The Hall–Kier alpha value is -1.13. The van der Waals surface area contributed by atoms with Crippen molar-refractivity contribution in [2.24, 2.45) is 0 Å². The van der Waals surface area contributed by atoms with Crippen molar-refractivity contribution >= 4 is 17.3 Å². The fourth-order valence-corrected chi connectivity index (χ4v) is 2.32. The maximum atomic E-state index is 10.4. The average molecular weight is 210 g/mol. The lowest BCUT2D eigenvalue weighted by Gasteiger charge is -2.38. The lowest BCUT2D eigenvalue weighted by Crippen LogP contribution is -2.44. The molecular weight excluding hydrogens is 200 g/mol. The number of hydrogen-bond acceptors (Lipinski definition) is 3. The summed E-state index contributed by atoms with van der Waals surface area (Å²) in [6, 6.07) is 3.98. The molecule has 2 heterocycles. The van der Waals surface area contributed by atoms with Gasteiger partial charge in [0.1, 0.15) is 0 Å². The number of carbonyl (C=O) groups is 1. The third kappa shape index (κ3) is 1.58. The van der Waals surface area contributed by atoms with Crippen LogP contribution in [0.3, 0.4) is 0 Å². The van der Waals surface area contributed by atoms with Gasteiger partial charge in [-0.25, -0.2) is 4.79 Å². The molecule has 0 radical (unpaired) electrons. The molecule has 1 saturated heterocycles. The number of carboxylic acids is 1. The number of aliphatic carboxylic acids is 1. The van der Waals surface area contributed by atoms with Crippen LogP contribution in [0.15, 0.2) is 29.7 Å². The summed E-state index contributed by atoms with van der Waals surface area (Å²) in [6.07, 6.45) is 2.92. The first-order chi connectivity index (χ1) is 6.73. The molecule has 0 bridgehead atoms. The number of thiophene rings is 1. The van der Waals surface area contributed by atoms with Gasteiger partial charge in [0.25, 0.3) is 0 Å². The molecule has 0 atom stereocenters. The van der Waals surface area contributed by atoms with Gasteiger partial charge >= 0.3 is 5.97 Å². The van der Waals surface area contributed by atoms with Crippen LogP contribution in [-0.4, -0.2) is 24.3 Å². The molecule has 1 N–H and O–H groups in total. The monoisotopic (exact) mass is 210 g/mol. The van der Waals surface area contributed by atoms with Crippen LogP contribution in [-0.2, 0) is 14.9 Å². The van der Waals surface area contributed by atoms with E-state index in [1.54, 1.807) is 17.4 Å². The molecule has 0 unspecified atom stereocenters. The Morgan fingerprint density at radius 2 is 2.43 bits per heavy atom. The van der Waals surface area contributed by atoms with Crippen LogP contribution in [0.2, 0.25) is 0 Å². The van der Waals surface area contributed by atoms with Crippen LogP contribution in [0, 0.1) is 0 Å². The molecule has 0 aliphatic carbocycles. The predicted molar refractivity (Wildman–Crippen MR) is 53.6 cm³/mol. The zero-order chi connectivity index (χ0) is 10.0. The Bertz CT molecular complexity index is 349. The fourth-order valence-electron chi connectivity index (χ4n) is 1.44. The highest BCUT2D eigenvalue weighted by molar-refractivity contribution is 7.10. The van der Waals surface area contributed by atoms with E-state index >= 15 is 0 Å². The SMILES string of the molecule is O=C(O)/C=C/C1(c2cccs2)COC1. The number of carboxylic acid groups (broad SMARTS) is 1. The molecule has 0 aromatic carbocycles. The van der Waals surface area contributed by atoms with E-state index in [9.17, 15) is 4.79 Å². The lowest BCUT2D eigenvalue weighted by atomic mass is 9.84. The topological polar surface area (TPSA) is 46.5 Å². The summed E-state index contributed by atoms with van der Waals surface area (Å²) in [7, 11) is 0. The zero-order valence-corrected chi connectivity index (χ0v) is 8.29. The first kappa shape index (κ1) is 9.43. The van der Waals surface area contributed by atoms with Crippen molar-refractivity contribution in [3.05, 3.63) is 34.5 Å². The predicted octanol–water partition coefficient (Wildman–Crippen LogP) is 1.66. The fraction of sp³-hybridized carbons (Fsp3) is 0.300. The highest BCUT2D eigenvalue weighted by Crippen LogP contribution is 2.36. The van der Waals surface area contributed by atoms with E-state index in [4.69, 9.17) is 9.84 Å². The largest absolute Gasteiger partial charge is 0.478 e. The Labute approximate surface area is 85.6 Å². The van der Waals surface area contributed by atoms with Crippen LogP contribution in [0.5, 0.6) is 0 Å². The van der Waals surface area contributed by atoms with Crippen molar-refractivity contribution < 1.29 is 14.6 Å². The van der Waals surface area contributed by atoms with Crippen LogP contribution in [0.4, 0.5) is 0 Å². The second-order valence-electron chi connectivity index (χ2n) is 3.30. The van der Waals surface area contributed by atoms with E-state index in [0.717, 1.165) is 0 Å². The number of ether oxygens (including phenoxy) is 1. The minimum Gasteiger partial charge on any atom is -0.478 e. The molecule has 2 rings (SSSR count). The first-order valence-electron chi connectivity index (χ1n) is 4.27. The Kier molecular flexibility index (Phi) is 2.39. The van der Waals surface area contributed by atoms with E-state index in [2.05, 4.69) is 0 Å². The van der Waals surface area contributed by atoms with Crippen molar-refractivity contribution in [1.82, 2.24) is 0 Å². The van der Waals surface area contributed by atoms with Gasteiger partial charge in [-0.2, -0.15) is 0 Å². The number of rotatable bonds is 3. The van der Waals surface area contributed by atoms with Gasteiger partial charge in [-0.1, -0.05) is 12.1 Å². The van der Waals surface area contributed by atoms with Crippen LogP contribution in [0.1, 0.15) is 4.88 Å². The maximum absolute atomic E-state index is 10.4. The average Bonchev–Trinajstić information content (AvgIpc) is 2.55. The summed E-state index contributed by atoms with van der Waals surface area (Å²) >= 11 is 1.63. The smallest absolute Gasteiger partial charge is 0.328 e. The Balaban J connectivity index is 2.22. The summed E-state index contributed by atoms with van der Waals surface area (Å²) in [6.45, 7) is 1.16. The summed E-state index contributed by atoms with van der Waals surface area (Å²) in [5.41, 5.74) is -0.188. The van der Waals surface area contributed by atoms with Gasteiger partial charge < -0.3 is 9.84 Å². The molecule has 14 heavy (non-hydrogen) atoms. The van der Waals surface area contributed by atoms with E-state index < -0.39 is 5.97 Å². The van der Waals surface area contributed by atoms with Crippen LogP contribution < -0.4 is 0 Å². The van der Waals surface area contributed by atoms with Gasteiger partial charge in [0.15, 0.2) is 0 Å². The molecule has 74 valence electrons. The summed E-state index contributed by atoms with van der Waals surface area (Å²) in [5, 5.41) is 10.6. The molecule has 4 heteroatoms. The van der Waals surface area contributed by atoms with E-state index in [-0.39, 0.29) is 5.41 Å². The third-order valence-electron chi connectivity index (χ3n) is 2.28. The standard InChI is InChI=1S/C10H10O3S/c11-9(12)3-4-10(6-13-7-10)8-2-1-5-14-8/h1-5H,6-7H2,(H,11,12)/b4-3+. The second-order valence-corrected chi connectivity index (χ2v) is 4.25. The second kappa shape index (κ2) is 3.55. The summed E-state index contributed by atoms with van der Waals surface area (Å²) in [5.74, 6) is -0.909. The van der Waals surface area contributed by atoms with Gasteiger partial charge in [-0.15, -0.1) is 11.3 Å². The minimum absolute atomic E-state index is 0.188. The first-order valence-corrected chi connectivity index (χ1v) is 5.15. The molecular formula is C10H10O3S. The molecule has 0 spiro atoms. The van der Waals surface area contributed by atoms with E-state index in [1.807, 2.05) is 17.5 Å². The van der Waals surface area contributed by atoms with E-state index in [1.165, 1.54) is 11.0 Å². The van der Waals surface area contributed by atoms with Crippen molar-refractivity contribution in [3.63, 3.8) is 0 Å². The minimum atomic E-state index is -0.909. The molecule has 0 saturated carbocycles.